The number of hydrogen-bond acceptors (Lipinski definition) is 5. The van der Waals surface area contributed by atoms with Gasteiger partial charge in [0.05, 0.1) is 17.4 Å². The van der Waals surface area contributed by atoms with E-state index in [4.69, 9.17) is 4.74 Å². The highest BCUT2D eigenvalue weighted by atomic mass is 16.5. The van der Waals surface area contributed by atoms with Gasteiger partial charge >= 0.3 is 11.9 Å². The molecule has 2 atom stereocenters. The average Bonchev–Trinajstić information content (AvgIpc) is 2.84. The lowest BCUT2D eigenvalue weighted by Crippen LogP contribution is -2.34. The third kappa shape index (κ3) is 6.10. The number of aliphatic carboxylic acids is 1. The van der Waals surface area contributed by atoms with E-state index in [1.54, 1.807) is 12.2 Å². The molecule has 8 heteroatoms. The normalized spacial score (nSPS) is 17.0. The van der Waals surface area contributed by atoms with E-state index in [-0.39, 0.29) is 11.5 Å². The summed E-state index contributed by atoms with van der Waals surface area (Å²) in [5.41, 5.74) is 3.31. The van der Waals surface area contributed by atoms with Crippen LogP contribution in [0.1, 0.15) is 41.3 Å². The maximum atomic E-state index is 12.6. The molecule has 0 unspecified atom stereocenters. The van der Waals surface area contributed by atoms with Crippen LogP contribution in [-0.4, -0.2) is 35.5 Å². The number of benzene rings is 2. The molecular formula is C26H28N2O6. The number of esters is 1. The van der Waals surface area contributed by atoms with Crippen LogP contribution in [0.5, 0.6) is 0 Å². The molecule has 0 aromatic heterocycles. The Bertz CT molecular complexity index is 1110. The monoisotopic (exact) mass is 464 g/mol. The molecule has 0 saturated carbocycles. The fraction of sp³-hybridized carbons (Fsp3) is 0.308. The fourth-order valence-electron chi connectivity index (χ4n) is 3.89. The average molecular weight is 465 g/mol. The lowest BCUT2D eigenvalue weighted by atomic mass is 9.82. The molecule has 2 aromatic rings. The molecule has 0 radical (unpaired) electrons. The van der Waals surface area contributed by atoms with E-state index in [0.29, 0.717) is 18.5 Å². The van der Waals surface area contributed by atoms with Gasteiger partial charge in [0.1, 0.15) is 0 Å². The standard InChI is InChI=1S/C26H28N2O6/c1-3-17-8-6-7-16(2)23(17)28-22(29)15-34-26(33)18-11-13-19(14-12-18)27-24(30)20-9-4-5-10-21(20)25(31)32/h4-8,11-14,20-21H,3,9-10,15H2,1-2H3,(H,27,30)(H,28,29)(H,31,32)/t20-,21-/m1/s1. The molecule has 3 rings (SSSR count). The first-order valence-electron chi connectivity index (χ1n) is 11.1. The first-order chi connectivity index (χ1) is 16.3. The topological polar surface area (TPSA) is 122 Å². The van der Waals surface area contributed by atoms with Crippen molar-refractivity contribution in [2.45, 2.75) is 33.1 Å². The van der Waals surface area contributed by atoms with Crippen molar-refractivity contribution in [1.29, 1.82) is 0 Å². The molecule has 0 heterocycles. The van der Waals surface area contributed by atoms with E-state index in [1.807, 2.05) is 32.0 Å². The van der Waals surface area contributed by atoms with Crippen LogP contribution >= 0.6 is 0 Å². The predicted octanol–water partition coefficient (Wildman–Crippen LogP) is 3.96. The van der Waals surface area contributed by atoms with Crippen LogP contribution in [-0.2, 0) is 25.5 Å². The first kappa shape index (κ1) is 24.7. The molecule has 1 aliphatic rings. The second kappa shape index (κ2) is 11.3. The van der Waals surface area contributed by atoms with Gasteiger partial charge < -0.3 is 20.5 Å². The number of carboxylic acids is 1. The Morgan fingerprint density at radius 2 is 1.65 bits per heavy atom. The Hall–Kier alpha value is -3.94. The Morgan fingerprint density at radius 3 is 2.29 bits per heavy atom. The Kier molecular flexibility index (Phi) is 8.19. The number of amides is 2. The highest BCUT2D eigenvalue weighted by Crippen LogP contribution is 2.27. The van der Waals surface area contributed by atoms with Gasteiger partial charge in [0.15, 0.2) is 6.61 Å². The fourth-order valence-corrected chi connectivity index (χ4v) is 3.89. The van der Waals surface area contributed by atoms with Crippen LogP contribution in [0.3, 0.4) is 0 Å². The number of hydrogen-bond donors (Lipinski definition) is 3. The molecule has 0 spiro atoms. The van der Waals surface area contributed by atoms with Crippen molar-refractivity contribution in [3.8, 4) is 0 Å². The summed E-state index contributed by atoms with van der Waals surface area (Å²) in [7, 11) is 0. The third-order valence-corrected chi connectivity index (χ3v) is 5.81. The number of rotatable bonds is 8. The van der Waals surface area contributed by atoms with Gasteiger partial charge in [-0.05, 0) is 61.6 Å². The van der Waals surface area contributed by atoms with E-state index < -0.39 is 36.3 Å². The molecule has 34 heavy (non-hydrogen) atoms. The van der Waals surface area contributed by atoms with Gasteiger partial charge in [-0.1, -0.05) is 37.3 Å². The molecule has 8 nitrogen and oxygen atoms in total. The molecule has 3 N–H and O–H groups in total. The lowest BCUT2D eigenvalue weighted by Gasteiger charge is -2.24. The number of nitrogens with one attached hydrogen (secondary N) is 2. The molecule has 1 aliphatic carbocycles. The van der Waals surface area contributed by atoms with E-state index in [2.05, 4.69) is 10.6 Å². The Morgan fingerprint density at radius 1 is 0.971 bits per heavy atom. The summed E-state index contributed by atoms with van der Waals surface area (Å²) in [5.74, 6) is -3.91. The molecule has 0 aliphatic heterocycles. The van der Waals surface area contributed by atoms with Crippen molar-refractivity contribution in [2.24, 2.45) is 11.8 Å². The molecule has 0 saturated heterocycles. The summed E-state index contributed by atoms with van der Waals surface area (Å²) in [6, 6.07) is 11.8. The Labute approximate surface area is 198 Å². The van der Waals surface area contributed by atoms with Crippen molar-refractivity contribution >= 4 is 35.1 Å². The molecule has 0 bridgehead atoms. The number of anilines is 2. The van der Waals surface area contributed by atoms with Crippen LogP contribution in [0.25, 0.3) is 0 Å². The summed E-state index contributed by atoms with van der Waals surface area (Å²) in [6.07, 6.45) is 5.01. The number of carboxylic acid groups (broad SMARTS) is 1. The van der Waals surface area contributed by atoms with Gasteiger partial charge in [0.2, 0.25) is 5.91 Å². The third-order valence-electron chi connectivity index (χ3n) is 5.81. The van der Waals surface area contributed by atoms with Gasteiger partial charge in [-0.15, -0.1) is 0 Å². The van der Waals surface area contributed by atoms with Crippen molar-refractivity contribution in [3.05, 3.63) is 71.3 Å². The quantitative estimate of drug-likeness (QED) is 0.402. The first-order valence-corrected chi connectivity index (χ1v) is 11.1. The van der Waals surface area contributed by atoms with Crippen LogP contribution in [0.4, 0.5) is 11.4 Å². The van der Waals surface area contributed by atoms with Crippen molar-refractivity contribution in [1.82, 2.24) is 0 Å². The van der Waals surface area contributed by atoms with Gasteiger partial charge in [0, 0.05) is 11.4 Å². The molecular weight excluding hydrogens is 436 g/mol. The van der Waals surface area contributed by atoms with E-state index >= 15 is 0 Å². The number of aryl methyl sites for hydroxylation is 2. The van der Waals surface area contributed by atoms with Gasteiger partial charge in [-0.25, -0.2) is 4.79 Å². The Balaban J connectivity index is 1.54. The molecule has 0 fully saturated rings. The van der Waals surface area contributed by atoms with Crippen molar-refractivity contribution in [3.63, 3.8) is 0 Å². The number of ether oxygens (including phenoxy) is 1. The van der Waals surface area contributed by atoms with Crippen LogP contribution in [0.2, 0.25) is 0 Å². The summed E-state index contributed by atoms with van der Waals surface area (Å²) in [6.45, 7) is 3.46. The lowest BCUT2D eigenvalue weighted by molar-refractivity contribution is -0.146. The van der Waals surface area contributed by atoms with Crippen LogP contribution in [0, 0.1) is 18.8 Å². The zero-order valence-electron chi connectivity index (χ0n) is 19.2. The van der Waals surface area contributed by atoms with Gasteiger partial charge in [-0.2, -0.15) is 0 Å². The summed E-state index contributed by atoms with van der Waals surface area (Å²) >= 11 is 0. The van der Waals surface area contributed by atoms with Crippen LogP contribution in [0.15, 0.2) is 54.6 Å². The molecule has 2 amide bonds. The minimum atomic E-state index is -1.00. The van der Waals surface area contributed by atoms with Crippen molar-refractivity contribution in [2.75, 3.05) is 17.2 Å². The maximum absolute atomic E-state index is 12.6. The number of allylic oxidation sites excluding steroid dienone is 2. The highest BCUT2D eigenvalue weighted by Gasteiger charge is 2.33. The zero-order chi connectivity index (χ0) is 24.7. The highest BCUT2D eigenvalue weighted by molar-refractivity contribution is 5.98. The summed E-state index contributed by atoms with van der Waals surface area (Å²) in [5, 5.41) is 14.8. The van der Waals surface area contributed by atoms with E-state index in [0.717, 1.165) is 23.2 Å². The van der Waals surface area contributed by atoms with E-state index in [1.165, 1.54) is 24.3 Å². The smallest absolute Gasteiger partial charge is 0.338 e. The maximum Gasteiger partial charge on any atom is 0.338 e. The van der Waals surface area contributed by atoms with Gasteiger partial charge in [-0.3, -0.25) is 14.4 Å². The van der Waals surface area contributed by atoms with Gasteiger partial charge in [0.25, 0.3) is 5.91 Å². The number of carbonyl (C=O) groups is 4. The van der Waals surface area contributed by atoms with E-state index in [9.17, 15) is 24.3 Å². The number of carbonyl (C=O) groups excluding carboxylic acids is 3. The van der Waals surface area contributed by atoms with Crippen LogP contribution < -0.4 is 10.6 Å². The number of para-hydroxylation sites is 1. The summed E-state index contributed by atoms with van der Waals surface area (Å²) < 4.78 is 5.12. The second-order valence-electron chi connectivity index (χ2n) is 8.15. The minimum Gasteiger partial charge on any atom is -0.481 e. The summed E-state index contributed by atoms with van der Waals surface area (Å²) in [4.78, 5) is 48.6. The van der Waals surface area contributed by atoms with Crippen molar-refractivity contribution < 1.29 is 29.0 Å². The zero-order valence-corrected chi connectivity index (χ0v) is 19.2. The second-order valence-corrected chi connectivity index (χ2v) is 8.15. The SMILES string of the molecule is CCc1cccc(C)c1NC(=O)COC(=O)c1ccc(NC(=O)[C@@H]2CC=CC[C@H]2C(=O)O)cc1. The minimum absolute atomic E-state index is 0.222. The largest absolute Gasteiger partial charge is 0.481 e. The predicted molar refractivity (Wildman–Crippen MR) is 128 cm³/mol. The molecule has 2 aromatic carbocycles. The molecule has 178 valence electrons.